The number of carbonyl (C=O) groups is 1. The third-order valence-corrected chi connectivity index (χ3v) is 4.65. The zero-order chi connectivity index (χ0) is 14.4. The van der Waals surface area contributed by atoms with Crippen molar-refractivity contribution in [3.05, 3.63) is 0 Å². The second kappa shape index (κ2) is 7.96. The standard InChI is InChI=1S/C15H30N4O/c1-17(8-3-7-16)15(20)6-12-18-9-4-11-19-10-2-5-14(19)13-18/h14H,2-13,16H2,1H3. The molecule has 2 fully saturated rings. The maximum absolute atomic E-state index is 12.1. The van der Waals surface area contributed by atoms with Crippen molar-refractivity contribution in [3.63, 3.8) is 0 Å². The lowest BCUT2D eigenvalue weighted by molar-refractivity contribution is -0.130. The molecule has 0 aliphatic carbocycles. The van der Waals surface area contributed by atoms with E-state index in [-0.39, 0.29) is 5.91 Å². The molecule has 0 aromatic heterocycles. The van der Waals surface area contributed by atoms with E-state index in [1.165, 1.54) is 32.4 Å². The van der Waals surface area contributed by atoms with Crippen LogP contribution in [-0.2, 0) is 4.79 Å². The smallest absolute Gasteiger partial charge is 0.223 e. The summed E-state index contributed by atoms with van der Waals surface area (Å²) < 4.78 is 0. The fourth-order valence-corrected chi connectivity index (χ4v) is 3.38. The van der Waals surface area contributed by atoms with Crippen LogP contribution in [0.15, 0.2) is 0 Å². The molecule has 0 spiro atoms. The van der Waals surface area contributed by atoms with E-state index in [4.69, 9.17) is 5.73 Å². The Hall–Kier alpha value is -0.650. The highest BCUT2D eigenvalue weighted by molar-refractivity contribution is 5.76. The predicted octanol–water partition coefficient (Wildman–Crippen LogP) is 0.354. The lowest BCUT2D eigenvalue weighted by Crippen LogP contribution is -2.38. The lowest BCUT2D eigenvalue weighted by Gasteiger charge is -2.26. The minimum Gasteiger partial charge on any atom is -0.346 e. The third-order valence-electron chi connectivity index (χ3n) is 4.65. The second-order valence-corrected chi connectivity index (χ2v) is 6.19. The van der Waals surface area contributed by atoms with E-state index >= 15 is 0 Å². The van der Waals surface area contributed by atoms with Crippen LogP contribution in [0.1, 0.15) is 32.1 Å². The number of rotatable bonds is 6. The molecule has 0 radical (unpaired) electrons. The molecule has 5 nitrogen and oxygen atoms in total. The number of hydrogen-bond donors (Lipinski definition) is 1. The van der Waals surface area contributed by atoms with Crippen molar-refractivity contribution in [1.29, 1.82) is 0 Å². The third kappa shape index (κ3) is 4.43. The summed E-state index contributed by atoms with van der Waals surface area (Å²) in [6, 6.07) is 0.738. The molecule has 1 unspecified atom stereocenters. The summed E-state index contributed by atoms with van der Waals surface area (Å²) in [5.74, 6) is 0.256. The van der Waals surface area contributed by atoms with Gasteiger partial charge < -0.3 is 15.5 Å². The van der Waals surface area contributed by atoms with Crippen molar-refractivity contribution in [1.82, 2.24) is 14.7 Å². The Morgan fingerprint density at radius 2 is 2.10 bits per heavy atom. The van der Waals surface area contributed by atoms with E-state index in [1.54, 1.807) is 0 Å². The second-order valence-electron chi connectivity index (χ2n) is 6.19. The summed E-state index contributed by atoms with van der Waals surface area (Å²) in [5.41, 5.74) is 5.48. The van der Waals surface area contributed by atoms with E-state index in [9.17, 15) is 4.79 Å². The Labute approximate surface area is 123 Å². The van der Waals surface area contributed by atoms with Crippen LogP contribution in [-0.4, -0.2) is 79.5 Å². The van der Waals surface area contributed by atoms with Crippen LogP contribution in [0.3, 0.4) is 0 Å². The first-order chi connectivity index (χ1) is 9.70. The first kappa shape index (κ1) is 15.7. The molecule has 20 heavy (non-hydrogen) atoms. The highest BCUT2D eigenvalue weighted by Crippen LogP contribution is 2.21. The molecule has 0 aromatic rings. The van der Waals surface area contributed by atoms with E-state index in [0.29, 0.717) is 13.0 Å². The van der Waals surface area contributed by atoms with E-state index in [0.717, 1.165) is 38.6 Å². The number of carbonyl (C=O) groups excluding carboxylic acids is 1. The van der Waals surface area contributed by atoms with Crippen molar-refractivity contribution in [3.8, 4) is 0 Å². The van der Waals surface area contributed by atoms with Gasteiger partial charge >= 0.3 is 0 Å². The molecule has 2 saturated heterocycles. The first-order valence-electron chi connectivity index (χ1n) is 8.11. The maximum atomic E-state index is 12.1. The van der Waals surface area contributed by atoms with Crippen LogP contribution in [0, 0.1) is 0 Å². The quantitative estimate of drug-likeness (QED) is 0.764. The molecular weight excluding hydrogens is 252 g/mol. The minimum absolute atomic E-state index is 0.256. The molecule has 0 saturated carbocycles. The van der Waals surface area contributed by atoms with Gasteiger partial charge in [-0.2, -0.15) is 0 Å². The van der Waals surface area contributed by atoms with Gasteiger partial charge in [-0.05, 0) is 51.9 Å². The highest BCUT2D eigenvalue weighted by Gasteiger charge is 2.28. The molecule has 0 bridgehead atoms. The van der Waals surface area contributed by atoms with Crippen LogP contribution in [0.4, 0.5) is 0 Å². The van der Waals surface area contributed by atoms with Gasteiger partial charge in [0.2, 0.25) is 5.91 Å². The fourth-order valence-electron chi connectivity index (χ4n) is 3.38. The summed E-state index contributed by atoms with van der Waals surface area (Å²) in [5, 5.41) is 0. The van der Waals surface area contributed by atoms with E-state index in [1.807, 2.05) is 11.9 Å². The summed E-state index contributed by atoms with van der Waals surface area (Å²) >= 11 is 0. The van der Waals surface area contributed by atoms with Crippen molar-refractivity contribution in [2.24, 2.45) is 5.73 Å². The van der Waals surface area contributed by atoms with Crippen molar-refractivity contribution in [2.45, 2.75) is 38.1 Å². The summed E-state index contributed by atoms with van der Waals surface area (Å²) in [7, 11) is 1.89. The number of nitrogens with zero attached hydrogens (tertiary/aromatic N) is 3. The monoisotopic (exact) mass is 282 g/mol. The van der Waals surface area contributed by atoms with Crippen molar-refractivity contribution >= 4 is 5.91 Å². The maximum Gasteiger partial charge on any atom is 0.223 e. The number of amides is 1. The Morgan fingerprint density at radius 3 is 2.90 bits per heavy atom. The molecule has 0 aromatic carbocycles. The van der Waals surface area contributed by atoms with Crippen LogP contribution in [0.5, 0.6) is 0 Å². The van der Waals surface area contributed by atoms with Crippen LogP contribution >= 0.6 is 0 Å². The molecular formula is C15H30N4O. The summed E-state index contributed by atoms with van der Waals surface area (Å²) in [6.07, 6.45) is 5.46. The lowest BCUT2D eigenvalue weighted by atomic mass is 10.2. The van der Waals surface area contributed by atoms with Gasteiger partial charge in [0.15, 0.2) is 0 Å². The average molecular weight is 282 g/mol. The largest absolute Gasteiger partial charge is 0.346 e. The van der Waals surface area contributed by atoms with Crippen LogP contribution < -0.4 is 5.73 Å². The van der Waals surface area contributed by atoms with Gasteiger partial charge in [-0.25, -0.2) is 0 Å². The number of hydrogen-bond acceptors (Lipinski definition) is 4. The van der Waals surface area contributed by atoms with Crippen molar-refractivity contribution < 1.29 is 4.79 Å². The zero-order valence-corrected chi connectivity index (χ0v) is 12.9. The van der Waals surface area contributed by atoms with Crippen LogP contribution in [0.25, 0.3) is 0 Å². The average Bonchev–Trinajstić information content (AvgIpc) is 2.80. The van der Waals surface area contributed by atoms with Gasteiger partial charge in [0.1, 0.15) is 0 Å². The highest BCUT2D eigenvalue weighted by atomic mass is 16.2. The zero-order valence-electron chi connectivity index (χ0n) is 12.9. The molecule has 2 heterocycles. The van der Waals surface area contributed by atoms with Crippen molar-refractivity contribution in [2.75, 3.05) is 52.9 Å². The molecule has 2 rings (SSSR count). The summed E-state index contributed by atoms with van der Waals surface area (Å²) in [4.78, 5) is 19.0. The number of fused-ring (bicyclic) bond motifs is 1. The molecule has 5 heteroatoms. The molecule has 2 aliphatic heterocycles. The van der Waals surface area contributed by atoms with Crippen LogP contribution in [0.2, 0.25) is 0 Å². The first-order valence-corrected chi connectivity index (χ1v) is 8.11. The van der Waals surface area contributed by atoms with Gasteiger partial charge in [0.25, 0.3) is 0 Å². The van der Waals surface area contributed by atoms with Gasteiger partial charge in [0.05, 0.1) is 0 Å². The molecule has 116 valence electrons. The van der Waals surface area contributed by atoms with E-state index < -0.39 is 0 Å². The molecule has 2 aliphatic rings. The predicted molar refractivity (Wildman–Crippen MR) is 81.6 cm³/mol. The Balaban J connectivity index is 1.71. The van der Waals surface area contributed by atoms with Gasteiger partial charge in [-0.1, -0.05) is 0 Å². The summed E-state index contributed by atoms with van der Waals surface area (Å²) in [6.45, 7) is 7.17. The van der Waals surface area contributed by atoms with Gasteiger partial charge in [-0.15, -0.1) is 0 Å². The minimum atomic E-state index is 0.256. The fraction of sp³-hybridized carbons (Fsp3) is 0.933. The van der Waals surface area contributed by atoms with Gasteiger partial charge in [0, 0.05) is 39.1 Å². The molecule has 2 N–H and O–H groups in total. The molecule has 1 atom stereocenters. The SMILES string of the molecule is CN(CCCN)C(=O)CCN1CCCN2CCCC2C1. The Kier molecular flexibility index (Phi) is 6.26. The van der Waals surface area contributed by atoms with Gasteiger partial charge in [-0.3, -0.25) is 9.69 Å². The Morgan fingerprint density at radius 1 is 1.30 bits per heavy atom. The molecule has 1 amide bonds. The van der Waals surface area contributed by atoms with E-state index in [2.05, 4.69) is 9.80 Å². The normalized spacial score (nSPS) is 24.4. The Bertz CT molecular complexity index is 310. The topological polar surface area (TPSA) is 52.8 Å². The number of nitrogens with two attached hydrogens (primary N) is 1.